The average Bonchev–Trinajstić information content (AvgIpc) is 3.60. The number of hydrogen-bond donors (Lipinski definition) is 6. The third-order valence-corrected chi connectivity index (χ3v) is 18.0. The summed E-state index contributed by atoms with van der Waals surface area (Å²) >= 11 is 0. The Morgan fingerprint density at radius 2 is 1.55 bits per heavy atom. The van der Waals surface area contributed by atoms with Crippen molar-refractivity contribution in [3.8, 4) is 0 Å². The third kappa shape index (κ3) is 12.6. The number of rotatable bonds is 21. The van der Waals surface area contributed by atoms with E-state index >= 15 is 0 Å². The van der Waals surface area contributed by atoms with E-state index < -0.39 is 90.2 Å². The molecular weight excluding hydrogens is 953 g/mol. The van der Waals surface area contributed by atoms with Crippen LogP contribution in [0.3, 0.4) is 0 Å². The van der Waals surface area contributed by atoms with Gasteiger partial charge in [0, 0.05) is 36.8 Å². The van der Waals surface area contributed by atoms with Crippen molar-refractivity contribution >= 4 is 23.9 Å². The van der Waals surface area contributed by atoms with E-state index in [1.54, 1.807) is 31.2 Å². The minimum atomic E-state index is -1.61. The van der Waals surface area contributed by atoms with Crippen LogP contribution in [0.15, 0.2) is 48.6 Å². The Bertz CT molecular complexity index is 2120. The molecule has 9 unspecified atom stereocenters. The normalized spacial score (nSPS) is 37.0. The number of Topliss-reactive ketones (excluding diaryl/α,β-unsaturated/α-hetero) is 1. The van der Waals surface area contributed by atoms with Crippen LogP contribution < -0.4 is 10.6 Å². The van der Waals surface area contributed by atoms with Crippen molar-refractivity contribution in [1.82, 2.24) is 10.6 Å². The van der Waals surface area contributed by atoms with Crippen LogP contribution in [0.25, 0.3) is 0 Å². The number of alkyl carbamates (subject to hydrolysis) is 2. The largest absolute Gasteiger partial charge is 0.450 e. The zero-order chi connectivity index (χ0) is 53.5. The fourth-order valence-electron chi connectivity index (χ4n) is 13.5. The number of aliphatic hydroxyl groups is 4. The van der Waals surface area contributed by atoms with Crippen LogP contribution in [0.5, 0.6) is 0 Å². The first-order valence-electron chi connectivity index (χ1n) is 27.5. The van der Waals surface area contributed by atoms with Gasteiger partial charge in [0.05, 0.1) is 37.1 Å². The maximum Gasteiger partial charge on any atom is 0.407 e. The maximum absolute atomic E-state index is 14.2. The van der Waals surface area contributed by atoms with Crippen LogP contribution in [-0.4, -0.2) is 138 Å². The summed E-state index contributed by atoms with van der Waals surface area (Å²) in [5.74, 6) is -1.33. The molecule has 17 nitrogen and oxygen atoms in total. The predicted molar refractivity (Wildman–Crippen MR) is 273 cm³/mol. The first-order chi connectivity index (χ1) is 35.2. The van der Waals surface area contributed by atoms with Gasteiger partial charge >= 0.3 is 18.2 Å². The zero-order valence-corrected chi connectivity index (χ0v) is 44.8. The van der Waals surface area contributed by atoms with Crippen LogP contribution in [0.2, 0.25) is 0 Å². The number of unbranched alkanes of at least 4 members (excludes halogenated alkanes) is 3. The maximum atomic E-state index is 14.2. The van der Waals surface area contributed by atoms with Crippen molar-refractivity contribution in [1.29, 1.82) is 0 Å². The summed E-state index contributed by atoms with van der Waals surface area (Å²) < 4.78 is 42.4. The van der Waals surface area contributed by atoms with Gasteiger partial charge in [0.1, 0.15) is 30.2 Å². The molecule has 0 aromatic heterocycles. The Morgan fingerprint density at radius 1 is 0.865 bits per heavy atom. The van der Waals surface area contributed by atoms with Crippen LogP contribution in [0.4, 0.5) is 9.59 Å². The molecule has 4 aliphatic carbocycles. The quantitative estimate of drug-likeness (QED) is 0.0308. The molecule has 1 aromatic carbocycles. The van der Waals surface area contributed by atoms with E-state index in [4.69, 9.17) is 33.2 Å². The number of ether oxygens (including phenoxy) is 7. The molecule has 2 saturated heterocycles. The second kappa shape index (κ2) is 25.0. The van der Waals surface area contributed by atoms with Gasteiger partial charge in [-0.1, -0.05) is 96.4 Å². The SMILES string of the molecule is C=CCOC(=O)NCCCCCCNC(=O)OC1COC(OC2C(O)COC(O[C@H]3C[C@H]4[C@@H]5CC=C6C[C@@H](O)CC[C@]6(C)C5CC[C@]4(C)[C@@]3(O)[C@H](C)C(=O)CCC(C)C)C2C)C(OC(=O)c2ccc(C)cc2)C1O. The number of allylic oxidation sites excluding steroid dienone is 1. The number of amides is 2. The second-order valence-corrected chi connectivity index (χ2v) is 23.2. The number of aliphatic hydroxyl groups excluding tert-OH is 3. The average molecular weight is 1040 g/mol. The van der Waals surface area contributed by atoms with Crippen molar-refractivity contribution in [3.63, 3.8) is 0 Å². The van der Waals surface area contributed by atoms with Crippen molar-refractivity contribution in [2.24, 2.45) is 46.3 Å². The molecule has 0 radical (unpaired) electrons. The van der Waals surface area contributed by atoms with Gasteiger partial charge in [-0.2, -0.15) is 0 Å². The summed E-state index contributed by atoms with van der Waals surface area (Å²) in [5.41, 5.74) is 0.183. The lowest BCUT2D eigenvalue weighted by Gasteiger charge is -2.59. The van der Waals surface area contributed by atoms with E-state index in [0.29, 0.717) is 56.9 Å². The molecule has 414 valence electrons. The van der Waals surface area contributed by atoms with Gasteiger partial charge in [-0.25, -0.2) is 14.4 Å². The van der Waals surface area contributed by atoms with Crippen molar-refractivity contribution in [2.45, 2.75) is 193 Å². The Morgan fingerprint density at radius 3 is 2.24 bits per heavy atom. The van der Waals surface area contributed by atoms with Crippen molar-refractivity contribution in [2.75, 3.05) is 32.9 Å². The minimum Gasteiger partial charge on any atom is -0.450 e. The highest BCUT2D eigenvalue weighted by Crippen LogP contribution is 2.69. The molecule has 3 saturated carbocycles. The fourth-order valence-corrected chi connectivity index (χ4v) is 13.5. The van der Waals surface area contributed by atoms with Crippen LogP contribution >= 0.6 is 0 Å². The number of hydrogen-bond acceptors (Lipinski definition) is 15. The molecule has 6 aliphatic rings. The van der Waals surface area contributed by atoms with Gasteiger partial charge in [-0.05, 0) is 112 Å². The highest BCUT2D eigenvalue weighted by molar-refractivity contribution is 5.89. The molecule has 1 aromatic rings. The summed E-state index contributed by atoms with van der Waals surface area (Å²) in [5, 5.41) is 52.9. The van der Waals surface area contributed by atoms with Gasteiger partial charge in [0.15, 0.2) is 24.8 Å². The van der Waals surface area contributed by atoms with Gasteiger partial charge in [0.2, 0.25) is 0 Å². The number of esters is 1. The molecule has 2 heterocycles. The highest BCUT2D eigenvalue weighted by Gasteiger charge is 2.70. The predicted octanol–water partition coefficient (Wildman–Crippen LogP) is 7.23. The number of benzene rings is 1. The molecule has 5 fully saturated rings. The lowest BCUT2D eigenvalue weighted by atomic mass is 9.46. The minimum absolute atomic E-state index is 0.00645. The Labute approximate surface area is 437 Å². The van der Waals surface area contributed by atoms with E-state index in [1.807, 2.05) is 13.8 Å². The Kier molecular flexibility index (Phi) is 19.5. The van der Waals surface area contributed by atoms with E-state index in [9.17, 15) is 39.6 Å². The van der Waals surface area contributed by atoms with Crippen LogP contribution in [0.1, 0.15) is 141 Å². The summed E-state index contributed by atoms with van der Waals surface area (Å²) in [6.45, 7) is 18.0. The van der Waals surface area contributed by atoms with Crippen LogP contribution in [-0.2, 0) is 38.0 Å². The lowest BCUT2D eigenvalue weighted by molar-refractivity contribution is -0.333. The van der Waals surface area contributed by atoms with Gasteiger partial charge in [-0.3, -0.25) is 4.79 Å². The molecule has 74 heavy (non-hydrogen) atoms. The number of ketones is 1. The van der Waals surface area contributed by atoms with E-state index in [-0.39, 0.29) is 61.1 Å². The molecule has 7 rings (SSSR count). The van der Waals surface area contributed by atoms with E-state index in [0.717, 1.165) is 50.5 Å². The fraction of sp³-hybridized carbons (Fsp3) is 0.754. The monoisotopic (exact) mass is 1040 g/mol. The molecule has 2 amide bonds. The van der Waals surface area contributed by atoms with E-state index in [2.05, 4.69) is 51.0 Å². The Balaban J connectivity index is 1.04. The molecule has 6 N–H and O–H groups in total. The second-order valence-electron chi connectivity index (χ2n) is 23.2. The van der Waals surface area contributed by atoms with Gasteiger partial charge < -0.3 is 64.2 Å². The molecule has 17 heteroatoms. The topological polar surface area (TPSA) is 238 Å². The van der Waals surface area contributed by atoms with Gasteiger partial charge in [0.25, 0.3) is 0 Å². The first-order valence-corrected chi connectivity index (χ1v) is 27.5. The summed E-state index contributed by atoms with van der Waals surface area (Å²) in [4.78, 5) is 52.5. The number of nitrogens with one attached hydrogen (secondary N) is 2. The van der Waals surface area contributed by atoms with Crippen LogP contribution in [0, 0.1) is 53.3 Å². The van der Waals surface area contributed by atoms with Gasteiger partial charge in [-0.15, -0.1) is 0 Å². The smallest absolute Gasteiger partial charge is 0.407 e. The molecule has 0 spiro atoms. The third-order valence-electron chi connectivity index (χ3n) is 18.0. The summed E-state index contributed by atoms with van der Waals surface area (Å²) in [6, 6.07) is 6.68. The molecular formula is C57H86N2O15. The summed E-state index contributed by atoms with van der Waals surface area (Å²) in [6.07, 6.45) is 1.49. The zero-order valence-electron chi connectivity index (χ0n) is 44.8. The standard InChI is InChI=1S/C57H86N2O15/c1-9-28-68-53(65)58-26-12-10-11-13-27-59-54(66)71-45-32-70-52(49(47(45)63)73-50(64)37-17-15-34(4)16-18-37)74-48-35(5)51(69-31-44(48)62)72-46-30-42-40-20-19-38-29-39(60)22-24-55(38,7)41(40)23-25-56(42,8)57(46,67)36(6)43(61)21-14-33(2)3/h9,15-19,33,35-36,39-42,44-49,51-52,60,62-63,67H,1,10-14,20-32H2,2-8H3,(H,58,65)(H,59,66)/t35?,36-,39+,40-,41?,42+,44?,45?,46+,47?,48?,49?,51?,52?,55+,56+,57-/m1/s1. The molecule has 17 atom stereocenters. The number of fused-ring (bicyclic) bond motifs is 5. The number of aryl methyl sites for hydroxylation is 1. The van der Waals surface area contributed by atoms with E-state index in [1.165, 1.54) is 11.6 Å². The molecule has 2 aliphatic heterocycles. The number of carbonyl (C=O) groups is 4. The highest BCUT2D eigenvalue weighted by atomic mass is 16.7. The summed E-state index contributed by atoms with van der Waals surface area (Å²) in [7, 11) is 0. The first kappa shape index (κ1) is 57.8. The number of carbonyl (C=O) groups excluding carboxylic acids is 4. The lowest BCUT2D eigenvalue weighted by Crippen LogP contribution is -2.62. The van der Waals surface area contributed by atoms with Crippen molar-refractivity contribution < 1.29 is 72.8 Å². The Hall–Kier alpha value is -3.94. The van der Waals surface area contributed by atoms with Crippen molar-refractivity contribution in [3.05, 3.63) is 59.7 Å². The molecule has 0 bridgehead atoms.